The van der Waals surface area contributed by atoms with Gasteiger partial charge < -0.3 is 4.90 Å². The molecule has 0 radical (unpaired) electrons. The zero-order chi connectivity index (χ0) is 17.2. The van der Waals surface area contributed by atoms with Crippen LogP contribution in [0.1, 0.15) is 23.2 Å². The molecule has 0 bridgehead atoms. The molecule has 6 heteroatoms. The van der Waals surface area contributed by atoms with Gasteiger partial charge in [0.2, 0.25) is 0 Å². The van der Waals surface area contributed by atoms with Crippen molar-refractivity contribution in [2.24, 2.45) is 0 Å². The quantitative estimate of drug-likeness (QED) is 0.668. The largest absolute Gasteiger partial charge is 0.339 e. The van der Waals surface area contributed by atoms with Crippen molar-refractivity contribution in [2.75, 3.05) is 13.1 Å². The molecule has 1 aliphatic rings. The molecule has 0 spiro atoms. The molecule has 1 saturated heterocycles. The molecule has 0 unspecified atom stereocenters. The minimum absolute atomic E-state index is 0.0240. The van der Waals surface area contributed by atoms with E-state index in [9.17, 15) is 13.2 Å². The number of piperidine rings is 1. The summed E-state index contributed by atoms with van der Waals surface area (Å²) in [5.41, 5.74) is 0.659. The van der Waals surface area contributed by atoms with E-state index in [1.165, 1.54) is 0 Å². The normalized spacial score (nSPS) is 16.1. The van der Waals surface area contributed by atoms with Gasteiger partial charge in [0.15, 0.2) is 9.84 Å². The lowest BCUT2D eigenvalue weighted by Crippen LogP contribution is -2.42. The predicted molar refractivity (Wildman–Crippen MR) is 102 cm³/mol. The summed E-state index contributed by atoms with van der Waals surface area (Å²) in [4.78, 5) is 14.7. The monoisotopic (exact) mass is 455 g/mol. The summed E-state index contributed by atoms with van der Waals surface area (Å²) in [7, 11) is -3.32. The number of amides is 1. The van der Waals surface area contributed by atoms with E-state index in [1.807, 2.05) is 24.3 Å². The molecule has 0 aliphatic carbocycles. The van der Waals surface area contributed by atoms with Crippen molar-refractivity contribution in [1.29, 1.82) is 0 Å². The summed E-state index contributed by atoms with van der Waals surface area (Å²) in [6.45, 7) is 0.947. The smallest absolute Gasteiger partial charge is 0.253 e. The summed E-state index contributed by atoms with van der Waals surface area (Å²) >= 11 is 2.18. The van der Waals surface area contributed by atoms with Gasteiger partial charge in [-0.1, -0.05) is 24.3 Å². The number of halogens is 1. The first-order valence-corrected chi connectivity index (χ1v) is 10.4. The Hall–Kier alpha value is -1.41. The molecular weight excluding hydrogens is 437 g/mol. The highest BCUT2D eigenvalue weighted by Gasteiger charge is 2.32. The lowest BCUT2D eigenvalue weighted by atomic mass is 10.1. The Morgan fingerprint density at radius 2 is 1.67 bits per heavy atom. The first-order valence-electron chi connectivity index (χ1n) is 7.82. The van der Waals surface area contributed by atoms with Crippen molar-refractivity contribution >= 4 is 38.3 Å². The van der Waals surface area contributed by atoms with Crippen LogP contribution in [0.5, 0.6) is 0 Å². The molecule has 0 N–H and O–H groups in total. The van der Waals surface area contributed by atoms with Crippen LogP contribution in [0.2, 0.25) is 0 Å². The Morgan fingerprint density at radius 3 is 2.29 bits per heavy atom. The molecular formula is C18H18INO3S. The first kappa shape index (κ1) is 17.4. The summed E-state index contributed by atoms with van der Waals surface area (Å²) < 4.78 is 26.4. The number of carbonyl (C=O) groups excluding carboxylic acids is 1. The molecule has 4 nitrogen and oxygen atoms in total. The van der Waals surface area contributed by atoms with Crippen LogP contribution in [0.25, 0.3) is 0 Å². The van der Waals surface area contributed by atoms with Crippen molar-refractivity contribution in [2.45, 2.75) is 23.0 Å². The fourth-order valence-corrected chi connectivity index (χ4v) is 5.27. The Bertz CT molecular complexity index is 828. The first-order chi connectivity index (χ1) is 11.5. The fraction of sp³-hybridized carbons (Fsp3) is 0.278. The van der Waals surface area contributed by atoms with E-state index in [1.54, 1.807) is 35.2 Å². The third-order valence-electron chi connectivity index (χ3n) is 4.31. The molecule has 1 heterocycles. The average molecular weight is 455 g/mol. The maximum Gasteiger partial charge on any atom is 0.253 e. The summed E-state index contributed by atoms with van der Waals surface area (Å²) in [5.74, 6) is -0.0240. The predicted octanol–water partition coefficient (Wildman–Crippen LogP) is 3.37. The van der Waals surface area contributed by atoms with Gasteiger partial charge in [-0.05, 0) is 65.8 Å². The number of hydrogen-bond acceptors (Lipinski definition) is 3. The van der Waals surface area contributed by atoms with Crippen LogP contribution >= 0.6 is 22.6 Å². The topological polar surface area (TPSA) is 54.5 Å². The Balaban J connectivity index is 1.69. The highest BCUT2D eigenvalue weighted by Crippen LogP contribution is 2.25. The van der Waals surface area contributed by atoms with Gasteiger partial charge in [0.05, 0.1) is 10.1 Å². The SMILES string of the molecule is O=C(c1cccc(I)c1)N1CCC(S(=O)(=O)c2ccccc2)CC1. The van der Waals surface area contributed by atoms with Crippen LogP contribution in [0.3, 0.4) is 0 Å². The van der Waals surface area contributed by atoms with Crippen LogP contribution in [-0.2, 0) is 9.84 Å². The van der Waals surface area contributed by atoms with Gasteiger partial charge in [-0.3, -0.25) is 4.79 Å². The molecule has 0 atom stereocenters. The second-order valence-corrected chi connectivity index (χ2v) is 9.33. The van der Waals surface area contributed by atoms with Gasteiger partial charge in [0.25, 0.3) is 5.91 Å². The van der Waals surface area contributed by atoms with Crippen LogP contribution in [0, 0.1) is 3.57 Å². The molecule has 1 amide bonds. The van der Waals surface area contributed by atoms with Crippen molar-refractivity contribution in [1.82, 2.24) is 4.90 Å². The van der Waals surface area contributed by atoms with E-state index in [-0.39, 0.29) is 5.91 Å². The molecule has 2 aromatic carbocycles. The van der Waals surface area contributed by atoms with Crippen LogP contribution in [0.15, 0.2) is 59.5 Å². The number of rotatable bonds is 3. The van der Waals surface area contributed by atoms with Gasteiger partial charge in [-0.25, -0.2) is 8.42 Å². The van der Waals surface area contributed by atoms with Gasteiger partial charge in [0.1, 0.15) is 0 Å². The molecule has 2 aromatic rings. The van der Waals surface area contributed by atoms with Gasteiger partial charge >= 0.3 is 0 Å². The van der Waals surface area contributed by atoms with Crippen LogP contribution in [0.4, 0.5) is 0 Å². The van der Waals surface area contributed by atoms with E-state index in [4.69, 9.17) is 0 Å². The standard InChI is InChI=1S/C18H18INO3S/c19-15-6-4-5-14(13-15)18(21)20-11-9-17(10-12-20)24(22,23)16-7-2-1-3-8-16/h1-8,13,17H,9-12H2. The lowest BCUT2D eigenvalue weighted by molar-refractivity contribution is 0.0725. The molecule has 24 heavy (non-hydrogen) atoms. The van der Waals surface area contributed by atoms with E-state index >= 15 is 0 Å². The maximum absolute atomic E-state index is 12.7. The van der Waals surface area contributed by atoms with Crippen LogP contribution < -0.4 is 0 Å². The van der Waals surface area contributed by atoms with Gasteiger partial charge in [0, 0.05) is 22.2 Å². The number of benzene rings is 2. The third-order valence-corrected chi connectivity index (χ3v) is 7.26. The molecule has 1 fully saturated rings. The van der Waals surface area contributed by atoms with E-state index in [0.29, 0.717) is 36.4 Å². The van der Waals surface area contributed by atoms with Gasteiger partial charge in [-0.15, -0.1) is 0 Å². The van der Waals surface area contributed by atoms with E-state index in [2.05, 4.69) is 22.6 Å². The van der Waals surface area contributed by atoms with Crippen LogP contribution in [-0.4, -0.2) is 37.6 Å². The Morgan fingerprint density at radius 1 is 1.00 bits per heavy atom. The van der Waals surface area contributed by atoms with E-state index < -0.39 is 15.1 Å². The lowest BCUT2D eigenvalue weighted by Gasteiger charge is -2.31. The Kier molecular flexibility index (Phi) is 5.24. The molecule has 126 valence electrons. The zero-order valence-electron chi connectivity index (χ0n) is 13.1. The zero-order valence-corrected chi connectivity index (χ0v) is 16.0. The minimum Gasteiger partial charge on any atom is -0.339 e. The third kappa shape index (κ3) is 3.64. The number of sulfone groups is 1. The minimum atomic E-state index is -3.32. The highest BCUT2D eigenvalue weighted by atomic mass is 127. The molecule has 0 saturated carbocycles. The second-order valence-electron chi connectivity index (χ2n) is 5.86. The number of likely N-dealkylation sites (tertiary alicyclic amines) is 1. The van der Waals surface area contributed by atoms with Gasteiger partial charge in [-0.2, -0.15) is 0 Å². The maximum atomic E-state index is 12.7. The number of carbonyl (C=O) groups is 1. The molecule has 3 rings (SSSR count). The van der Waals surface area contributed by atoms with Crippen molar-refractivity contribution in [3.05, 3.63) is 63.7 Å². The van der Waals surface area contributed by atoms with E-state index in [0.717, 1.165) is 3.57 Å². The van der Waals surface area contributed by atoms with Crippen molar-refractivity contribution in [3.63, 3.8) is 0 Å². The summed E-state index contributed by atoms with van der Waals surface area (Å²) in [5, 5.41) is -0.417. The number of hydrogen-bond donors (Lipinski definition) is 0. The fourth-order valence-electron chi connectivity index (χ4n) is 2.98. The second kappa shape index (κ2) is 7.23. The summed E-state index contributed by atoms with van der Waals surface area (Å²) in [6, 6.07) is 16.0. The molecule has 1 aliphatic heterocycles. The molecule has 0 aromatic heterocycles. The average Bonchev–Trinajstić information content (AvgIpc) is 2.62. The van der Waals surface area contributed by atoms with Crippen molar-refractivity contribution < 1.29 is 13.2 Å². The summed E-state index contributed by atoms with van der Waals surface area (Å²) in [6.07, 6.45) is 0.958. The van der Waals surface area contributed by atoms with Crippen molar-refractivity contribution in [3.8, 4) is 0 Å². The Labute approximate surface area is 155 Å². The highest BCUT2D eigenvalue weighted by molar-refractivity contribution is 14.1. The number of nitrogens with zero attached hydrogens (tertiary/aromatic N) is 1.